The smallest absolute Gasteiger partial charge is 0.155 e. The molecule has 0 aromatic carbocycles. The van der Waals surface area contributed by atoms with E-state index in [1.807, 2.05) is 0 Å². The molecule has 3 saturated carbocycles. The van der Waals surface area contributed by atoms with Gasteiger partial charge in [-0.2, -0.15) is 0 Å². The van der Waals surface area contributed by atoms with E-state index in [4.69, 9.17) is 4.74 Å². The molecule has 0 radical (unpaired) electrons. The zero-order chi connectivity index (χ0) is 17.9. The summed E-state index contributed by atoms with van der Waals surface area (Å²) in [6.07, 6.45) is 15.9. The molecule has 5 aliphatic rings. The molecule has 0 N–H and O–H groups in total. The summed E-state index contributed by atoms with van der Waals surface area (Å²) >= 11 is 0. The summed E-state index contributed by atoms with van der Waals surface area (Å²) in [4.78, 5) is 12.0. The third-order valence-electron chi connectivity index (χ3n) is 9.70. The molecule has 4 aliphatic carbocycles. The molecule has 1 heterocycles. The lowest BCUT2D eigenvalue weighted by Crippen LogP contribution is -2.55. The molecule has 0 bridgehead atoms. The number of fused-ring (bicyclic) bond motifs is 6. The highest BCUT2D eigenvalue weighted by atomic mass is 16.5. The fourth-order valence-corrected chi connectivity index (χ4v) is 8.76. The van der Waals surface area contributed by atoms with E-state index in [-0.39, 0.29) is 5.60 Å². The number of ketones is 1. The Labute approximate surface area is 159 Å². The number of carbonyl (C=O) groups is 1. The number of hydrogen-bond acceptors (Lipinski definition) is 2. The SMILES string of the molecule is CCC1CC2=CC(=O)CC[C@@H]2C2CC[C@@]3(CC)C(CC[C@@]34CCCO4)C12. The Kier molecular flexibility index (Phi) is 4.16. The van der Waals surface area contributed by atoms with Crippen molar-refractivity contribution in [3.63, 3.8) is 0 Å². The topological polar surface area (TPSA) is 26.3 Å². The molecule has 1 aliphatic heterocycles. The highest BCUT2D eigenvalue weighted by molar-refractivity contribution is 5.91. The second kappa shape index (κ2) is 6.19. The monoisotopic (exact) mass is 356 g/mol. The first-order valence-corrected chi connectivity index (χ1v) is 11.5. The lowest BCUT2D eigenvalue weighted by molar-refractivity contribution is -0.147. The number of carbonyl (C=O) groups excluding carboxylic acids is 1. The van der Waals surface area contributed by atoms with Crippen LogP contribution >= 0.6 is 0 Å². The van der Waals surface area contributed by atoms with E-state index in [0.29, 0.717) is 11.2 Å². The Bertz CT molecular complexity index is 614. The van der Waals surface area contributed by atoms with Gasteiger partial charge in [0.25, 0.3) is 0 Å². The van der Waals surface area contributed by atoms with Crippen LogP contribution in [0.25, 0.3) is 0 Å². The third kappa shape index (κ3) is 2.17. The summed E-state index contributed by atoms with van der Waals surface area (Å²) in [5.41, 5.74) is 2.20. The number of rotatable bonds is 2. The van der Waals surface area contributed by atoms with E-state index in [9.17, 15) is 4.79 Å². The summed E-state index contributed by atoms with van der Waals surface area (Å²) in [5, 5.41) is 0. The van der Waals surface area contributed by atoms with Crippen molar-refractivity contribution in [1.29, 1.82) is 0 Å². The maximum Gasteiger partial charge on any atom is 0.155 e. The molecule has 0 aromatic rings. The molecular weight excluding hydrogens is 320 g/mol. The lowest BCUT2D eigenvalue weighted by atomic mass is 9.46. The van der Waals surface area contributed by atoms with Gasteiger partial charge in [0, 0.05) is 18.4 Å². The van der Waals surface area contributed by atoms with Gasteiger partial charge in [-0.05, 0) is 93.5 Å². The minimum absolute atomic E-state index is 0.217. The minimum Gasteiger partial charge on any atom is -0.374 e. The van der Waals surface area contributed by atoms with Crippen LogP contribution in [0.1, 0.15) is 84.5 Å². The van der Waals surface area contributed by atoms with Crippen molar-refractivity contribution in [1.82, 2.24) is 0 Å². The molecular formula is C24H36O2. The molecule has 1 spiro atoms. The molecule has 4 unspecified atom stereocenters. The molecule has 2 heteroatoms. The summed E-state index contributed by atoms with van der Waals surface area (Å²) in [5.74, 6) is 4.50. The molecule has 2 nitrogen and oxygen atoms in total. The maximum absolute atomic E-state index is 12.0. The van der Waals surface area contributed by atoms with E-state index in [0.717, 1.165) is 49.0 Å². The molecule has 7 atom stereocenters. The average molecular weight is 357 g/mol. The first kappa shape index (κ1) is 17.5. The molecule has 0 aromatic heterocycles. The number of allylic oxidation sites excluding steroid dienone is 1. The average Bonchev–Trinajstić information content (AvgIpc) is 3.27. The Balaban J connectivity index is 1.53. The van der Waals surface area contributed by atoms with E-state index >= 15 is 0 Å². The molecule has 1 saturated heterocycles. The van der Waals surface area contributed by atoms with Crippen molar-refractivity contribution in [3.8, 4) is 0 Å². The fourth-order valence-electron chi connectivity index (χ4n) is 8.76. The van der Waals surface area contributed by atoms with Crippen molar-refractivity contribution in [2.24, 2.45) is 35.0 Å². The van der Waals surface area contributed by atoms with Gasteiger partial charge in [-0.3, -0.25) is 4.79 Å². The maximum atomic E-state index is 12.0. The zero-order valence-electron chi connectivity index (χ0n) is 16.8. The standard InChI is InChI=1S/C24H36O2/c1-3-16-14-17-15-18(25)6-7-19(17)20-8-11-23(4-2)21(22(16)20)9-12-24(23)10-5-13-26-24/h15-16,19-22H,3-14H2,1-2H3/t16?,19-,20?,21?,22?,23-,24-/m0/s1. The molecule has 144 valence electrons. The van der Waals surface area contributed by atoms with Crippen LogP contribution in [0.5, 0.6) is 0 Å². The molecule has 4 fully saturated rings. The van der Waals surface area contributed by atoms with Crippen LogP contribution in [0, 0.1) is 35.0 Å². The first-order chi connectivity index (χ1) is 12.6. The quantitative estimate of drug-likeness (QED) is 0.634. The third-order valence-corrected chi connectivity index (χ3v) is 9.70. The summed E-state index contributed by atoms with van der Waals surface area (Å²) < 4.78 is 6.58. The van der Waals surface area contributed by atoms with Gasteiger partial charge in [-0.1, -0.05) is 25.8 Å². The summed E-state index contributed by atoms with van der Waals surface area (Å²) in [7, 11) is 0. The highest BCUT2D eigenvalue weighted by Gasteiger charge is 2.66. The van der Waals surface area contributed by atoms with Crippen LogP contribution < -0.4 is 0 Å². The van der Waals surface area contributed by atoms with Gasteiger partial charge in [0.05, 0.1) is 5.60 Å². The Morgan fingerprint density at radius 3 is 2.77 bits per heavy atom. The Morgan fingerprint density at radius 2 is 2.04 bits per heavy atom. The second-order valence-electron chi connectivity index (χ2n) is 10.1. The van der Waals surface area contributed by atoms with E-state index < -0.39 is 0 Å². The van der Waals surface area contributed by atoms with Crippen molar-refractivity contribution >= 4 is 5.78 Å². The number of hydrogen-bond donors (Lipinski definition) is 0. The van der Waals surface area contributed by atoms with Crippen LogP contribution in [-0.2, 0) is 9.53 Å². The van der Waals surface area contributed by atoms with Crippen LogP contribution in [0.15, 0.2) is 11.6 Å². The van der Waals surface area contributed by atoms with Gasteiger partial charge in [-0.15, -0.1) is 0 Å². The first-order valence-electron chi connectivity index (χ1n) is 11.5. The zero-order valence-corrected chi connectivity index (χ0v) is 16.8. The van der Waals surface area contributed by atoms with Crippen LogP contribution in [0.3, 0.4) is 0 Å². The van der Waals surface area contributed by atoms with E-state index in [2.05, 4.69) is 19.9 Å². The van der Waals surface area contributed by atoms with E-state index in [1.54, 1.807) is 0 Å². The fraction of sp³-hybridized carbons (Fsp3) is 0.875. The van der Waals surface area contributed by atoms with Gasteiger partial charge in [0.2, 0.25) is 0 Å². The predicted molar refractivity (Wildman–Crippen MR) is 104 cm³/mol. The lowest BCUT2D eigenvalue weighted by Gasteiger charge is -2.59. The van der Waals surface area contributed by atoms with Gasteiger partial charge in [0.1, 0.15) is 0 Å². The molecule has 0 amide bonds. The van der Waals surface area contributed by atoms with Gasteiger partial charge in [-0.25, -0.2) is 0 Å². The predicted octanol–water partition coefficient (Wildman–Crippen LogP) is 5.70. The van der Waals surface area contributed by atoms with Gasteiger partial charge < -0.3 is 4.74 Å². The highest BCUT2D eigenvalue weighted by Crippen LogP contribution is 2.70. The normalized spacial score (nSPS) is 50.3. The van der Waals surface area contributed by atoms with Crippen molar-refractivity contribution in [2.75, 3.05) is 6.61 Å². The number of ether oxygens (including phenoxy) is 1. The van der Waals surface area contributed by atoms with Gasteiger partial charge >= 0.3 is 0 Å². The molecule has 5 rings (SSSR count). The van der Waals surface area contributed by atoms with Crippen molar-refractivity contribution in [2.45, 2.75) is 90.1 Å². The van der Waals surface area contributed by atoms with Crippen LogP contribution in [-0.4, -0.2) is 18.0 Å². The summed E-state index contributed by atoms with van der Waals surface area (Å²) in [6.45, 7) is 5.85. The largest absolute Gasteiger partial charge is 0.374 e. The van der Waals surface area contributed by atoms with Crippen molar-refractivity contribution in [3.05, 3.63) is 11.6 Å². The van der Waals surface area contributed by atoms with E-state index in [1.165, 1.54) is 63.4 Å². The Morgan fingerprint density at radius 1 is 1.15 bits per heavy atom. The van der Waals surface area contributed by atoms with Crippen LogP contribution in [0.4, 0.5) is 0 Å². The van der Waals surface area contributed by atoms with Gasteiger partial charge in [0.15, 0.2) is 5.78 Å². The minimum atomic E-state index is 0.217. The second-order valence-corrected chi connectivity index (χ2v) is 10.1. The van der Waals surface area contributed by atoms with Crippen LogP contribution in [0.2, 0.25) is 0 Å². The Hall–Kier alpha value is -0.630. The summed E-state index contributed by atoms with van der Waals surface area (Å²) in [6, 6.07) is 0. The van der Waals surface area contributed by atoms with Crippen molar-refractivity contribution < 1.29 is 9.53 Å². The molecule has 26 heavy (non-hydrogen) atoms.